The first-order valence-electron chi connectivity index (χ1n) is 5.24. The maximum atomic E-state index is 11.7. The molecular formula is C11H13N3O2S. The van der Waals surface area contributed by atoms with Gasteiger partial charge in [-0.15, -0.1) is 4.40 Å². The van der Waals surface area contributed by atoms with Gasteiger partial charge in [0.05, 0.1) is 0 Å². The van der Waals surface area contributed by atoms with E-state index in [9.17, 15) is 8.42 Å². The molecule has 0 saturated carbocycles. The molecule has 1 heterocycles. The van der Waals surface area contributed by atoms with Crippen molar-refractivity contribution in [3.63, 3.8) is 0 Å². The SMILES string of the molecule is CC(C)C=NNC1=NS(=O)(=O)c2ccccc21. The Kier molecular flexibility index (Phi) is 2.97. The Balaban J connectivity index is 2.32. The summed E-state index contributed by atoms with van der Waals surface area (Å²) < 4.78 is 27.0. The highest BCUT2D eigenvalue weighted by Crippen LogP contribution is 2.24. The third kappa shape index (κ3) is 2.36. The van der Waals surface area contributed by atoms with Gasteiger partial charge < -0.3 is 0 Å². The summed E-state index contributed by atoms with van der Waals surface area (Å²) in [4.78, 5) is 0.224. The predicted molar refractivity (Wildman–Crippen MR) is 66.6 cm³/mol. The number of nitrogens with one attached hydrogen (secondary N) is 1. The van der Waals surface area contributed by atoms with E-state index in [1.807, 2.05) is 13.8 Å². The molecule has 90 valence electrons. The van der Waals surface area contributed by atoms with Gasteiger partial charge in [0.15, 0.2) is 5.84 Å². The van der Waals surface area contributed by atoms with Crippen LogP contribution in [0.3, 0.4) is 0 Å². The first-order valence-corrected chi connectivity index (χ1v) is 6.68. The van der Waals surface area contributed by atoms with Crippen LogP contribution in [-0.2, 0) is 10.0 Å². The van der Waals surface area contributed by atoms with E-state index in [2.05, 4.69) is 14.9 Å². The summed E-state index contributed by atoms with van der Waals surface area (Å²) >= 11 is 0. The first kappa shape index (κ1) is 11.8. The summed E-state index contributed by atoms with van der Waals surface area (Å²) in [7, 11) is -3.55. The lowest BCUT2D eigenvalue weighted by Crippen LogP contribution is -2.17. The molecule has 0 atom stereocenters. The van der Waals surface area contributed by atoms with E-state index in [0.29, 0.717) is 5.56 Å². The second kappa shape index (κ2) is 4.29. The molecule has 1 aliphatic heterocycles. The monoisotopic (exact) mass is 251 g/mol. The zero-order valence-electron chi connectivity index (χ0n) is 9.58. The number of sulfonamides is 1. The Bertz CT molecular complexity index is 588. The molecule has 0 saturated heterocycles. The fourth-order valence-corrected chi connectivity index (χ4v) is 2.60. The Morgan fingerprint density at radius 1 is 1.35 bits per heavy atom. The van der Waals surface area contributed by atoms with Crippen molar-refractivity contribution in [3.8, 4) is 0 Å². The standard InChI is InChI=1S/C11H13N3O2S/c1-8(2)7-12-13-11-9-5-3-4-6-10(9)17(15,16)14-11/h3-8H,1-2H3,(H,13,14). The smallest absolute Gasteiger partial charge is 0.260 e. The molecule has 0 radical (unpaired) electrons. The zero-order chi connectivity index (χ0) is 12.5. The lowest BCUT2D eigenvalue weighted by atomic mass is 10.2. The van der Waals surface area contributed by atoms with Crippen molar-refractivity contribution in [1.82, 2.24) is 5.43 Å². The van der Waals surface area contributed by atoms with Gasteiger partial charge in [-0.05, 0) is 18.1 Å². The van der Waals surface area contributed by atoms with Gasteiger partial charge in [-0.3, -0.25) is 5.43 Å². The quantitative estimate of drug-likeness (QED) is 0.637. The van der Waals surface area contributed by atoms with Crippen molar-refractivity contribution in [2.24, 2.45) is 15.4 Å². The van der Waals surface area contributed by atoms with Crippen molar-refractivity contribution >= 4 is 22.1 Å². The number of amidine groups is 1. The number of benzene rings is 1. The summed E-state index contributed by atoms with van der Waals surface area (Å²) in [6.07, 6.45) is 1.69. The molecule has 5 nitrogen and oxygen atoms in total. The van der Waals surface area contributed by atoms with Crippen LogP contribution < -0.4 is 5.43 Å². The van der Waals surface area contributed by atoms with Crippen LogP contribution in [0.25, 0.3) is 0 Å². The van der Waals surface area contributed by atoms with E-state index in [1.165, 1.54) is 6.07 Å². The first-order chi connectivity index (χ1) is 8.00. The Labute approximate surface area is 100 Å². The minimum Gasteiger partial charge on any atom is -0.260 e. The van der Waals surface area contributed by atoms with E-state index in [4.69, 9.17) is 0 Å². The normalized spacial score (nSPS) is 17.2. The van der Waals surface area contributed by atoms with Crippen LogP contribution in [0.15, 0.2) is 38.7 Å². The molecule has 6 heteroatoms. The number of nitrogens with zero attached hydrogens (tertiary/aromatic N) is 2. The topological polar surface area (TPSA) is 70.9 Å². The molecule has 0 spiro atoms. The van der Waals surface area contributed by atoms with Crippen molar-refractivity contribution in [2.75, 3.05) is 0 Å². The van der Waals surface area contributed by atoms with Crippen molar-refractivity contribution in [3.05, 3.63) is 29.8 Å². The zero-order valence-corrected chi connectivity index (χ0v) is 10.4. The Hall–Kier alpha value is -1.69. The van der Waals surface area contributed by atoms with Crippen molar-refractivity contribution < 1.29 is 8.42 Å². The molecule has 0 unspecified atom stereocenters. The number of hydrazone groups is 1. The van der Waals surface area contributed by atoms with Gasteiger partial charge in [0.25, 0.3) is 10.0 Å². The second-order valence-corrected chi connectivity index (χ2v) is 5.62. The molecule has 1 N–H and O–H groups in total. The van der Waals surface area contributed by atoms with E-state index in [-0.39, 0.29) is 16.6 Å². The molecule has 1 aromatic carbocycles. The van der Waals surface area contributed by atoms with Crippen LogP contribution in [0.4, 0.5) is 0 Å². The number of fused-ring (bicyclic) bond motifs is 1. The number of hydrogen-bond donors (Lipinski definition) is 1. The minimum atomic E-state index is -3.55. The molecule has 0 aromatic heterocycles. The second-order valence-electron chi connectivity index (χ2n) is 4.05. The van der Waals surface area contributed by atoms with Crippen LogP contribution >= 0.6 is 0 Å². The molecular weight excluding hydrogens is 238 g/mol. The molecule has 0 fully saturated rings. The van der Waals surface area contributed by atoms with Gasteiger partial charge in [0, 0.05) is 11.8 Å². The molecule has 0 amide bonds. The largest absolute Gasteiger partial charge is 0.285 e. The van der Waals surface area contributed by atoms with Gasteiger partial charge in [0.1, 0.15) is 4.90 Å². The lowest BCUT2D eigenvalue weighted by Gasteiger charge is -2.00. The van der Waals surface area contributed by atoms with Gasteiger partial charge >= 0.3 is 0 Å². The van der Waals surface area contributed by atoms with Crippen LogP contribution in [-0.4, -0.2) is 20.5 Å². The third-order valence-corrected chi connectivity index (χ3v) is 3.51. The molecule has 0 aliphatic carbocycles. The average molecular weight is 251 g/mol. The third-order valence-electron chi connectivity index (χ3n) is 2.17. The fraction of sp³-hybridized carbons (Fsp3) is 0.273. The highest BCUT2D eigenvalue weighted by Gasteiger charge is 2.27. The van der Waals surface area contributed by atoms with Gasteiger partial charge in [-0.1, -0.05) is 26.0 Å². The summed E-state index contributed by atoms with van der Waals surface area (Å²) in [5, 5.41) is 3.95. The highest BCUT2D eigenvalue weighted by molar-refractivity contribution is 7.90. The van der Waals surface area contributed by atoms with Crippen LogP contribution in [0.5, 0.6) is 0 Å². The molecule has 1 aliphatic rings. The minimum absolute atomic E-state index is 0.224. The fourth-order valence-electron chi connectivity index (χ4n) is 1.43. The summed E-state index contributed by atoms with van der Waals surface area (Å²) in [6.45, 7) is 3.96. The number of hydrogen-bond acceptors (Lipinski definition) is 4. The maximum Gasteiger partial charge on any atom is 0.285 e. The molecule has 0 bridgehead atoms. The summed E-state index contributed by atoms with van der Waals surface area (Å²) in [5.41, 5.74) is 3.23. The van der Waals surface area contributed by atoms with Crippen molar-refractivity contribution in [1.29, 1.82) is 0 Å². The van der Waals surface area contributed by atoms with Gasteiger partial charge in [-0.25, -0.2) is 0 Å². The van der Waals surface area contributed by atoms with E-state index in [1.54, 1.807) is 24.4 Å². The van der Waals surface area contributed by atoms with Gasteiger partial charge in [0.2, 0.25) is 0 Å². The predicted octanol–water partition coefficient (Wildman–Crippen LogP) is 1.37. The highest BCUT2D eigenvalue weighted by atomic mass is 32.2. The van der Waals surface area contributed by atoms with Crippen LogP contribution in [0.1, 0.15) is 19.4 Å². The van der Waals surface area contributed by atoms with Gasteiger partial charge in [-0.2, -0.15) is 13.5 Å². The molecule has 1 aromatic rings. The van der Waals surface area contributed by atoms with E-state index in [0.717, 1.165) is 0 Å². The van der Waals surface area contributed by atoms with E-state index < -0.39 is 10.0 Å². The average Bonchev–Trinajstić information content (AvgIpc) is 2.51. The van der Waals surface area contributed by atoms with Crippen molar-refractivity contribution in [2.45, 2.75) is 18.7 Å². The lowest BCUT2D eigenvalue weighted by molar-refractivity contribution is 0.599. The summed E-state index contributed by atoms with van der Waals surface area (Å²) in [6, 6.07) is 6.68. The Morgan fingerprint density at radius 3 is 2.76 bits per heavy atom. The summed E-state index contributed by atoms with van der Waals surface area (Å²) in [5.74, 6) is 0.564. The Morgan fingerprint density at radius 2 is 2.06 bits per heavy atom. The number of rotatable bonds is 2. The molecule has 2 rings (SSSR count). The maximum absolute atomic E-state index is 11.7. The molecule has 17 heavy (non-hydrogen) atoms. The van der Waals surface area contributed by atoms with E-state index >= 15 is 0 Å². The van der Waals surface area contributed by atoms with Crippen LogP contribution in [0.2, 0.25) is 0 Å². The van der Waals surface area contributed by atoms with Crippen LogP contribution in [0, 0.1) is 5.92 Å².